The minimum atomic E-state index is -4.43. The fourth-order valence-electron chi connectivity index (χ4n) is 1.51. The molecule has 2 heterocycles. The number of carbonyl (C=O) groups excluding carboxylic acids is 1. The molecule has 0 bridgehead atoms. The number of nitrogens with one attached hydrogen (secondary N) is 1. The van der Waals surface area contributed by atoms with Crippen LogP contribution < -0.4 is 10.1 Å². The SMILES string of the molecule is Cn1cncc1C(=O)NCc1ccc(OCC(F)(F)F)nn1. The van der Waals surface area contributed by atoms with Crippen LogP contribution in [0.15, 0.2) is 24.7 Å². The van der Waals surface area contributed by atoms with Gasteiger partial charge in [-0.05, 0) is 6.07 Å². The Labute approximate surface area is 123 Å². The van der Waals surface area contributed by atoms with Gasteiger partial charge in [-0.2, -0.15) is 18.3 Å². The standard InChI is InChI=1S/C12H12F3N5O2/c1-20-7-16-5-9(20)11(21)17-4-8-2-3-10(19-18-8)22-6-12(13,14)15/h2-3,5,7H,4,6H2,1H3,(H,17,21). The largest absolute Gasteiger partial charge is 0.467 e. The minimum Gasteiger partial charge on any atom is -0.467 e. The van der Waals surface area contributed by atoms with E-state index in [1.165, 1.54) is 24.7 Å². The Balaban J connectivity index is 1.86. The number of hydrogen-bond acceptors (Lipinski definition) is 5. The molecule has 1 amide bonds. The average Bonchev–Trinajstić information content (AvgIpc) is 2.89. The number of aryl methyl sites for hydroxylation is 1. The van der Waals surface area contributed by atoms with Gasteiger partial charge in [0.1, 0.15) is 5.69 Å². The van der Waals surface area contributed by atoms with E-state index in [1.807, 2.05) is 0 Å². The lowest BCUT2D eigenvalue weighted by Crippen LogP contribution is -2.25. The number of amides is 1. The predicted molar refractivity (Wildman–Crippen MR) is 68.0 cm³/mol. The molecule has 0 spiro atoms. The summed E-state index contributed by atoms with van der Waals surface area (Å²) >= 11 is 0. The zero-order valence-electron chi connectivity index (χ0n) is 11.5. The number of rotatable bonds is 5. The van der Waals surface area contributed by atoms with Crippen LogP contribution in [0.2, 0.25) is 0 Å². The summed E-state index contributed by atoms with van der Waals surface area (Å²) in [6.45, 7) is -1.35. The van der Waals surface area contributed by atoms with E-state index >= 15 is 0 Å². The topological polar surface area (TPSA) is 81.9 Å². The van der Waals surface area contributed by atoms with E-state index in [1.54, 1.807) is 11.6 Å². The molecule has 0 saturated carbocycles. The molecule has 0 saturated heterocycles. The molecule has 0 aliphatic rings. The smallest absolute Gasteiger partial charge is 0.422 e. The van der Waals surface area contributed by atoms with E-state index < -0.39 is 12.8 Å². The van der Waals surface area contributed by atoms with Gasteiger partial charge in [0.05, 0.1) is 24.8 Å². The molecule has 7 nitrogen and oxygen atoms in total. The van der Waals surface area contributed by atoms with Crippen molar-refractivity contribution in [2.75, 3.05) is 6.61 Å². The first-order chi connectivity index (χ1) is 10.3. The van der Waals surface area contributed by atoms with Gasteiger partial charge in [-0.3, -0.25) is 4.79 Å². The summed E-state index contributed by atoms with van der Waals surface area (Å²) in [7, 11) is 1.68. The monoisotopic (exact) mass is 315 g/mol. The molecule has 22 heavy (non-hydrogen) atoms. The van der Waals surface area contributed by atoms with Crippen molar-refractivity contribution < 1.29 is 22.7 Å². The molecule has 0 atom stereocenters. The van der Waals surface area contributed by atoms with Crippen LogP contribution in [0.25, 0.3) is 0 Å². The third-order valence-corrected chi connectivity index (χ3v) is 2.56. The molecule has 118 valence electrons. The molecular formula is C12H12F3N5O2. The first-order valence-corrected chi connectivity index (χ1v) is 6.12. The Morgan fingerprint density at radius 2 is 2.14 bits per heavy atom. The highest BCUT2D eigenvalue weighted by molar-refractivity contribution is 5.92. The molecule has 0 fully saturated rings. The highest BCUT2D eigenvalue weighted by Crippen LogP contribution is 2.16. The van der Waals surface area contributed by atoms with E-state index in [9.17, 15) is 18.0 Å². The Kier molecular flexibility index (Phi) is 4.59. The van der Waals surface area contributed by atoms with Gasteiger partial charge < -0.3 is 14.6 Å². The van der Waals surface area contributed by atoms with Gasteiger partial charge in [-0.25, -0.2) is 4.98 Å². The fraction of sp³-hybridized carbons (Fsp3) is 0.333. The van der Waals surface area contributed by atoms with Crippen LogP contribution in [0.1, 0.15) is 16.2 Å². The summed E-state index contributed by atoms with van der Waals surface area (Å²) in [5.74, 6) is -0.585. The van der Waals surface area contributed by atoms with E-state index in [-0.39, 0.29) is 18.3 Å². The quantitative estimate of drug-likeness (QED) is 0.893. The third-order valence-electron chi connectivity index (χ3n) is 2.56. The second-order valence-electron chi connectivity index (χ2n) is 4.34. The van der Waals surface area contributed by atoms with Gasteiger partial charge in [0, 0.05) is 13.1 Å². The third kappa shape index (κ3) is 4.43. The maximum atomic E-state index is 12.0. The van der Waals surface area contributed by atoms with Gasteiger partial charge in [0.25, 0.3) is 5.91 Å². The number of halogens is 3. The van der Waals surface area contributed by atoms with E-state index in [0.717, 1.165) is 0 Å². The zero-order chi connectivity index (χ0) is 16.2. The highest BCUT2D eigenvalue weighted by atomic mass is 19.4. The van der Waals surface area contributed by atoms with Crippen LogP contribution in [0.5, 0.6) is 5.88 Å². The average molecular weight is 315 g/mol. The lowest BCUT2D eigenvalue weighted by Gasteiger charge is -2.08. The highest BCUT2D eigenvalue weighted by Gasteiger charge is 2.28. The Morgan fingerprint density at radius 1 is 1.36 bits per heavy atom. The van der Waals surface area contributed by atoms with Crippen molar-refractivity contribution in [1.29, 1.82) is 0 Å². The van der Waals surface area contributed by atoms with Gasteiger partial charge in [0.15, 0.2) is 6.61 Å². The Hall–Kier alpha value is -2.65. The first-order valence-electron chi connectivity index (χ1n) is 6.12. The van der Waals surface area contributed by atoms with Crippen molar-refractivity contribution in [3.05, 3.63) is 36.0 Å². The maximum absolute atomic E-state index is 12.0. The molecule has 0 unspecified atom stereocenters. The summed E-state index contributed by atoms with van der Waals surface area (Å²) in [4.78, 5) is 15.6. The molecule has 0 aliphatic heterocycles. The van der Waals surface area contributed by atoms with Crippen molar-refractivity contribution in [3.63, 3.8) is 0 Å². The van der Waals surface area contributed by atoms with Crippen LogP contribution in [0, 0.1) is 0 Å². The van der Waals surface area contributed by atoms with E-state index in [2.05, 4.69) is 25.2 Å². The molecule has 1 N–H and O–H groups in total. The van der Waals surface area contributed by atoms with Crippen LogP contribution in [0.3, 0.4) is 0 Å². The number of nitrogens with zero attached hydrogens (tertiary/aromatic N) is 4. The maximum Gasteiger partial charge on any atom is 0.422 e. The van der Waals surface area contributed by atoms with Crippen LogP contribution in [-0.4, -0.2) is 38.4 Å². The van der Waals surface area contributed by atoms with Crippen LogP contribution >= 0.6 is 0 Å². The number of imidazole rings is 1. The fourth-order valence-corrected chi connectivity index (χ4v) is 1.51. The molecule has 2 aromatic rings. The van der Waals surface area contributed by atoms with Crippen molar-refractivity contribution >= 4 is 5.91 Å². The molecule has 2 rings (SSSR count). The second-order valence-corrected chi connectivity index (χ2v) is 4.34. The first kappa shape index (κ1) is 15.7. The van der Waals surface area contributed by atoms with Gasteiger partial charge in [-0.15, -0.1) is 5.10 Å². The minimum absolute atomic E-state index is 0.0799. The molecule has 0 aromatic carbocycles. The number of ether oxygens (including phenoxy) is 1. The van der Waals surface area contributed by atoms with Crippen molar-refractivity contribution in [2.45, 2.75) is 12.7 Å². The summed E-state index contributed by atoms with van der Waals surface area (Å²) in [6, 6.07) is 2.67. The predicted octanol–water partition coefficient (Wildman–Crippen LogP) is 1.08. The number of hydrogen-bond donors (Lipinski definition) is 1. The molecule has 0 radical (unpaired) electrons. The van der Waals surface area contributed by atoms with E-state index in [4.69, 9.17) is 0 Å². The summed E-state index contributed by atoms with van der Waals surface area (Å²) in [5, 5.41) is 9.77. The Morgan fingerprint density at radius 3 is 2.68 bits per heavy atom. The zero-order valence-corrected chi connectivity index (χ0v) is 11.5. The van der Waals surface area contributed by atoms with E-state index in [0.29, 0.717) is 11.4 Å². The summed E-state index contributed by atoms with van der Waals surface area (Å²) in [6.07, 6.45) is -1.53. The van der Waals surface area contributed by atoms with Gasteiger partial charge >= 0.3 is 6.18 Å². The molecule has 2 aromatic heterocycles. The second kappa shape index (κ2) is 6.41. The summed E-state index contributed by atoms with van der Waals surface area (Å²) in [5.41, 5.74) is 0.757. The summed E-state index contributed by atoms with van der Waals surface area (Å²) < 4.78 is 41.9. The number of aromatic nitrogens is 4. The lowest BCUT2D eigenvalue weighted by atomic mass is 10.3. The van der Waals surface area contributed by atoms with Gasteiger partial charge in [-0.1, -0.05) is 0 Å². The van der Waals surface area contributed by atoms with Crippen molar-refractivity contribution in [3.8, 4) is 5.88 Å². The molecule has 0 aliphatic carbocycles. The van der Waals surface area contributed by atoms with Crippen LogP contribution in [-0.2, 0) is 13.6 Å². The van der Waals surface area contributed by atoms with Crippen LogP contribution in [0.4, 0.5) is 13.2 Å². The lowest BCUT2D eigenvalue weighted by molar-refractivity contribution is -0.154. The van der Waals surface area contributed by atoms with Crippen molar-refractivity contribution in [1.82, 2.24) is 25.1 Å². The molecule has 10 heteroatoms. The van der Waals surface area contributed by atoms with Crippen molar-refractivity contribution in [2.24, 2.45) is 7.05 Å². The normalized spacial score (nSPS) is 11.3. The van der Waals surface area contributed by atoms with Gasteiger partial charge in [0.2, 0.25) is 5.88 Å². The number of carbonyl (C=O) groups is 1. The Bertz CT molecular complexity index is 639. The number of alkyl halides is 3. The molecular weight excluding hydrogens is 303 g/mol.